The zero-order valence-corrected chi connectivity index (χ0v) is 21.6. The van der Waals surface area contributed by atoms with Crippen molar-refractivity contribution in [2.24, 2.45) is 0 Å². The Bertz CT molecular complexity index is 1400. The summed E-state index contributed by atoms with van der Waals surface area (Å²) < 4.78 is 43.9. The van der Waals surface area contributed by atoms with Gasteiger partial charge in [-0.2, -0.15) is 0 Å². The molecule has 1 saturated heterocycles. The van der Waals surface area contributed by atoms with Crippen LogP contribution in [0.4, 0.5) is 10.2 Å². The molecule has 10 heteroatoms. The van der Waals surface area contributed by atoms with E-state index in [1.807, 2.05) is 17.0 Å². The first kappa shape index (κ1) is 25.6. The maximum atomic E-state index is 13.4. The highest BCUT2D eigenvalue weighted by Gasteiger charge is 2.37. The van der Waals surface area contributed by atoms with E-state index in [2.05, 4.69) is 5.32 Å². The number of rotatable bonds is 9. The molecule has 2 atom stereocenters. The summed E-state index contributed by atoms with van der Waals surface area (Å²) in [6.45, 7) is 3.06. The van der Waals surface area contributed by atoms with E-state index < -0.39 is 9.84 Å². The molecule has 37 heavy (non-hydrogen) atoms. The Hall–Kier alpha value is -3.08. The number of halogens is 1. The lowest BCUT2D eigenvalue weighted by atomic mass is 10.1. The molecule has 1 aliphatic heterocycles. The van der Waals surface area contributed by atoms with E-state index in [1.54, 1.807) is 22.9 Å². The molecule has 0 amide bonds. The van der Waals surface area contributed by atoms with E-state index in [4.69, 9.17) is 9.72 Å². The summed E-state index contributed by atoms with van der Waals surface area (Å²) >= 11 is 0. The van der Waals surface area contributed by atoms with Crippen LogP contribution in [0.1, 0.15) is 30.0 Å². The van der Waals surface area contributed by atoms with Crippen LogP contribution in [-0.2, 0) is 21.0 Å². The van der Waals surface area contributed by atoms with Crippen molar-refractivity contribution >= 4 is 15.7 Å². The number of anilines is 1. The van der Waals surface area contributed by atoms with Gasteiger partial charge in [0.15, 0.2) is 15.7 Å². The number of nitrogens with zero attached hydrogens (tertiary/aromatic N) is 3. The van der Waals surface area contributed by atoms with Crippen molar-refractivity contribution in [1.29, 1.82) is 0 Å². The van der Waals surface area contributed by atoms with Gasteiger partial charge in [-0.3, -0.25) is 9.36 Å². The highest BCUT2D eigenvalue weighted by atomic mass is 32.2. The zero-order valence-electron chi connectivity index (χ0n) is 20.8. The van der Waals surface area contributed by atoms with Crippen LogP contribution >= 0.6 is 0 Å². The van der Waals surface area contributed by atoms with Crippen molar-refractivity contribution in [3.05, 3.63) is 82.2 Å². The fourth-order valence-electron chi connectivity index (χ4n) is 4.73. The van der Waals surface area contributed by atoms with Gasteiger partial charge in [0.2, 0.25) is 0 Å². The monoisotopic (exact) mass is 526 g/mol. The molecule has 5 rings (SSSR count). The number of hydrogen-bond acceptors (Lipinski definition) is 7. The Morgan fingerprint density at radius 3 is 2.46 bits per heavy atom. The molecule has 1 N–H and O–H groups in total. The van der Waals surface area contributed by atoms with Gasteiger partial charge >= 0.3 is 0 Å². The summed E-state index contributed by atoms with van der Waals surface area (Å²) in [5.74, 6) is 0.591. The number of benzene rings is 2. The molecule has 1 aromatic heterocycles. The molecule has 1 aliphatic carbocycles. The highest BCUT2D eigenvalue weighted by Crippen LogP contribution is 2.40. The van der Waals surface area contributed by atoms with Gasteiger partial charge in [-0.25, -0.2) is 17.8 Å². The van der Waals surface area contributed by atoms with Gasteiger partial charge in [0.05, 0.1) is 23.8 Å². The normalized spacial score (nSPS) is 19.7. The lowest BCUT2D eigenvalue weighted by Gasteiger charge is -2.28. The van der Waals surface area contributed by atoms with E-state index >= 15 is 0 Å². The summed E-state index contributed by atoms with van der Waals surface area (Å²) in [6.07, 6.45) is 5.47. The standard InChI is InChI=1S/C27H31FN4O4S/c1-37(34,35)23-10-8-22(9-11-23)32-18-21(30-26(27(32)33)31-13-15-36-16-14-31)3-2-12-29-25-17-24(25)19-4-6-20(28)7-5-19/h4-11,18,24-25,29H,2-3,12-17H2,1H3/t24-,25+/m0/s1. The molecular weight excluding hydrogens is 495 g/mol. The van der Waals surface area contributed by atoms with E-state index in [0.717, 1.165) is 36.9 Å². The molecule has 0 bridgehead atoms. The van der Waals surface area contributed by atoms with Gasteiger partial charge in [0, 0.05) is 43.2 Å². The lowest BCUT2D eigenvalue weighted by Crippen LogP contribution is -2.41. The Morgan fingerprint density at radius 2 is 1.78 bits per heavy atom. The second kappa shape index (κ2) is 10.7. The third-order valence-electron chi connectivity index (χ3n) is 6.90. The van der Waals surface area contributed by atoms with Crippen LogP contribution in [0.15, 0.2) is 64.4 Å². The summed E-state index contributed by atoms with van der Waals surface area (Å²) in [4.78, 5) is 20.3. The quantitative estimate of drug-likeness (QED) is 0.429. The Kier molecular flexibility index (Phi) is 7.41. The van der Waals surface area contributed by atoms with E-state index in [-0.39, 0.29) is 16.3 Å². The van der Waals surface area contributed by atoms with Crippen LogP contribution < -0.4 is 15.8 Å². The topological polar surface area (TPSA) is 93.5 Å². The lowest BCUT2D eigenvalue weighted by molar-refractivity contribution is 0.122. The van der Waals surface area contributed by atoms with E-state index in [1.165, 1.54) is 24.3 Å². The van der Waals surface area contributed by atoms with Gasteiger partial charge < -0.3 is 15.0 Å². The van der Waals surface area contributed by atoms with Crippen molar-refractivity contribution in [3.8, 4) is 5.69 Å². The van der Waals surface area contributed by atoms with E-state index in [9.17, 15) is 17.6 Å². The number of ether oxygens (including phenoxy) is 1. The maximum Gasteiger partial charge on any atom is 0.298 e. The molecule has 3 aromatic rings. The summed E-state index contributed by atoms with van der Waals surface area (Å²) in [5.41, 5.74) is 2.30. The molecule has 2 aromatic carbocycles. The molecule has 8 nitrogen and oxygen atoms in total. The van der Waals surface area contributed by atoms with E-state index in [0.29, 0.717) is 56.2 Å². The molecule has 196 valence electrons. The van der Waals surface area contributed by atoms with Gasteiger partial charge in [0.1, 0.15) is 5.82 Å². The first-order valence-electron chi connectivity index (χ1n) is 12.5. The minimum absolute atomic E-state index is 0.206. The third-order valence-corrected chi connectivity index (χ3v) is 8.02. The Balaban J connectivity index is 1.29. The minimum atomic E-state index is -3.33. The van der Waals surface area contributed by atoms with Crippen molar-refractivity contribution in [1.82, 2.24) is 14.9 Å². The minimum Gasteiger partial charge on any atom is -0.378 e. The molecule has 1 saturated carbocycles. The highest BCUT2D eigenvalue weighted by molar-refractivity contribution is 7.90. The Morgan fingerprint density at radius 1 is 1.08 bits per heavy atom. The van der Waals surface area contributed by atoms with Gasteiger partial charge in [0.25, 0.3) is 5.56 Å². The predicted molar refractivity (Wildman–Crippen MR) is 140 cm³/mol. The number of morpholine rings is 1. The van der Waals surface area contributed by atoms with Crippen LogP contribution in [0, 0.1) is 5.82 Å². The fourth-order valence-corrected chi connectivity index (χ4v) is 5.36. The zero-order chi connectivity index (χ0) is 26.0. The van der Waals surface area contributed by atoms with Crippen molar-refractivity contribution in [2.45, 2.75) is 36.1 Å². The molecule has 0 spiro atoms. The SMILES string of the molecule is CS(=O)(=O)c1ccc(-n2cc(CCCN[C@@H]3C[C@H]3c3ccc(F)cc3)nc(N3CCOCC3)c2=O)cc1. The summed E-state index contributed by atoms with van der Waals surface area (Å²) in [6, 6.07) is 13.4. The van der Waals surface area contributed by atoms with Gasteiger partial charge in [-0.05, 0) is 67.8 Å². The smallest absolute Gasteiger partial charge is 0.298 e. The van der Waals surface area contributed by atoms with Gasteiger partial charge in [-0.15, -0.1) is 0 Å². The molecule has 0 radical (unpaired) electrons. The summed E-state index contributed by atoms with van der Waals surface area (Å²) in [5, 5.41) is 3.57. The van der Waals surface area contributed by atoms with Crippen LogP contribution in [-0.4, -0.2) is 63.1 Å². The molecule has 2 aliphatic rings. The average molecular weight is 527 g/mol. The Labute approximate surface area is 216 Å². The maximum absolute atomic E-state index is 13.4. The van der Waals surface area contributed by atoms with Crippen molar-refractivity contribution in [2.75, 3.05) is 44.0 Å². The second-order valence-corrected chi connectivity index (χ2v) is 11.7. The number of aryl methyl sites for hydroxylation is 1. The van der Waals surface area contributed by atoms with Crippen LogP contribution in [0.2, 0.25) is 0 Å². The average Bonchev–Trinajstić information content (AvgIpc) is 3.67. The van der Waals surface area contributed by atoms with Crippen LogP contribution in [0.5, 0.6) is 0 Å². The molecule has 2 heterocycles. The second-order valence-electron chi connectivity index (χ2n) is 9.65. The number of nitrogens with one attached hydrogen (secondary N) is 1. The first-order chi connectivity index (χ1) is 17.8. The molecule has 2 fully saturated rings. The number of aromatic nitrogens is 2. The fraction of sp³-hybridized carbons (Fsp3) is 0.407. The number of sulfone groups is 1. The van der Waals surface area contributed by atoms with Crippen LogP contribution in [0.25, 0.3) is 5.69 Å². The first-order valence-corrected chi connectivity index (χ1v) is 14.4. The van der Waals surface area contributed by atoms with Crippen molar-refractivity contribution in [3.63, 3.8) is 0 Å². The largest absolute Gasteiger partial charge is 0.378 e. The molecular formula is C27H31FN4O4S. The predicted octanol–water partition coefficient (Wildman–Crippen LogP) is 2.69. The molecule has 0 unspecified atom stereocenters. The number of hydrogen-bond donors (Lipinski definition) is 1. The van der Waals surface area contributed by atoms with Crippen molar-refractivity contribution < 1.29 is 17.5 Å². The van der Waals surface area contributed by atoms with Gasteiger partial charge in [-0.1, -0.05) is 12.1 Å². The third kappa shape index (κ3) is 6.08. The summed E-state index contributed by atoms with van der Waals surface area (Å²) in [7, 11) is -3.33. The van der Waals surface area contributed by atoms with Crippen LogP contribution in [0.3, 0.4) is 0 Å².